The maximum Gasteiger partial charge on any atom is 0.196 e. The lowest BCUT2D eigenvalue weighted by Crippen LogP contribution is -2.12. The minimum absolute atomic E-state index is 0.202. The molecule has 3 aromatic carbocycles. The molecule has 0 atom stereocenters. The molecule has 3 aromatic rings. The van der Waals surface area contributed by atoms with Crippen molar-refractivity contribution in [3.8, 4) is 17.2 Å². The number of ether oxygens (including phenoxy) is 2. The van der Waals surface area contributed by atoms with Gasteiger partial charge in [-0.25, -0.2) is 0 Å². The van der Waals surface area contributed by atoms with Crippen LogP contribution in [0.5, 0.6) is 17.2 Å². The second kappa shape index (κ2) is 8.61. The van der Waals surface area contributed by atoms with Crippen molar-refractivity contribution in [2.45, 2.75) is 20.3 Å². The van der Waals surface area contributed by atoms with Crippen LogP contribution in [0.1, 0.15) is 44.3 Å². The third-order valence-electron chi connectivity index (χ3n) is 4.88. The van der Waals surface area contributed by atoms with Gasteiger partial charge in [-0.3, -0.25) is 9.59 Å². The van der Waals surface area contributed by atoms with Gasteiger partial charge in [-0.15, -0.1) is 0 Å². The number of nitrogens with two attached hydrogens (primary N) is 1. The minimum atomic E-state index is -0.354. The molecule has 0 aromatic heterocycles. The molecule has 29 heavy (non-hydrogen) atoms. The normalized spacial score (nSPS) is 10.4. The van der Waals surface area contributed by atoms with Crippen molar-refractivity contribution in [1.82, 2.24) is 0 Å². The number of ketones is 1. The number of aryl methyl sites for hydroxylation is 1. The standard InChI is InChI=1S/C24H23NO4/c1-4-16-9-11-18(12-10-16)29-21-13-20(28-3)15(2)22(23(21)25)24(27)19-8-6-5-7-17(19)14-26/h5-14H,4,25H2,1-3H3. The van der Waals surface area contributed by atoms with Gasteiger partial charge in [0.2, 0.25) is 0 Å². The van der Waals surface area contributed by atoms with E-state index in [1.165, 1.54) is 12.7 Å². The molecule has 0 fully saturated rings. The molecule has 0 bridgehead atoms. The molecule has 0 unspecified atom stereocenters. The molecule has 5 nitrogen and oxygen atoms in total. The van der Waals surface area contributed by atoms with Gasteiger partial charge >= 0.3 is 0 Å². The van der Waals surface area contributed by atoms with E-state index in [2.05, 4.69) is 6.92 Å². The highest BCUT2D eigenvalue weighted by Crippen LogP contribution is 2.39. The highest BCUT2D eigenvalue weighted by Gasteiger charge is 2.24. The Kier molecular flexibility index (Phi) is 5.98. The summed E-state index contributed by atoms with van der Waals surface area (Å²) >= 11 is 0. The van der Waals surface area contributed by atoms with Gasteiger partial charge in [-0.05, 0) is 31.0 Å². The topological polar surface area (TPSA) is 78.6 Å². The number of methoxy groups -OCH3 is 1. The second-order valence-corrected chi connectivity index (χ2v) is 6.62. The Morgan fingerprint density at radius 1 is 1.07 bits per heavy atom. The third-order valence-corrected chi connectivity index (χ3v) is 4.88. The molecule has 0 amide bonds. The van der Waals surface area contributed by atoms with Gasteiger partial charge in [0.15, 0.2) is 17.8 Å². The quantitative estimate of drug-likeness (QED) is 0.350. The summed E-state index contributed by atoms with van der Waals surface area (Å²) in [4.78, 5) is 24.7. The zero-order valence-electron chi connectivity index (χ0n) is 16.7. The number of hydrogen-bond acceptors (Lipinski definition) is 5. The smallest absolute Gasteiger partial charge is 0.196 e. The van der Waals surface area contributed by atoms with Crippen molar-refractivity contribution < 1.29 is 19.1 Å². The Hall–Kier alpha value is -3.60. The summed E-state index contributed by atoms with van der Waals surface area (Å²) in [5.41, 5.74) is 9.18. The molecule has 0 saturated carbocycles. The maximum atomic E-state index is 13.3. The molecule has 5 heteroatoms. The van der Waals surface area contributed by atoms with Crippen LogP contribution in [0.25, 0.3) is 0 Å². The molecular weight excluding hydrogens is 366 g/mol. The number of rotatable bonds is 7. The van der Waals surface area contributed by atoms with E-state index in [9.17, 15) is 9.59 Å². The van der Waals surface area contributed by atoms with E-state index in [-0.39, 0.29) is 22.6 Å². The Morgan fingerprint density at radius 2 is 1.76 bits per heavy atom. The van der Waals surface area contributed by atoms with Crippen molar-refractivity contribution in [3.63, 3.8) is 0 Å². The van der Waals surface area contributed by atoms with E-state index >= 15 is 0 Å². The van der Waals surface area contributed by atoms with Crippen LogP contribution in [-0.4, -0.2) is 19.2 Å². The summed E-state index contributed by atoms with van der Waals surface area (Å²) in [6.07, 6.45) is 1.58. The number of hydrogen-bond donors (Lipinski definition) is 1. The van der Waals surface area contributed by atoms with Crippen LogP contribution in [-0.2, 0) is 6.42 Å². The van der Waals surface area contributed by atoms with E-state index in [1.54, 1.807) is 37.3 Å². The van der Waals surface area contributed by atoms with E-state index < -0.39 is 0 Å². The fourth-order valence-corrected chi connectivity index (χ4v) is 3.20. The number of nitrogen functional groups attached to an aromatic ring is 1. The van der Waals surface area contributed by atoms with Crippen molar-refractivity contribution >= 4 is 17.8 Å². The zero-order valence-corrected chi connectivity index (χ0v) is 16.7. The summed E-state index contributed by atoms with van der Waals surface area (Å²) in [7, 11) is 1.52. The molecular formula is C24H23NO4. The van der Waals surface area contributed by atoms with Gasteiger partial charge < -0.3 is 15.2 Å². The number of benzene rings is 3. The summed E-state index contributed by atoms with van der Waals surface area (Å²) in [5.74, 6) is 1.05. The maximum absolute atomic E-state index is 13.3. The molecule has 0 heterocycles. The van der Waals surface area contributed by atoms with E-state index in [0.717, 1.165) is 6.42 Å². The van der Waals surface area contributed by atoms with Crippen molar-refractivity contribution in [2.24, 2.45) is 0 Å². The zero-order chi connectivity index (χ0) is 21.0. The van der Waals surface area contributed by atoms with Crippen LogP contribution < -0.4 is 15.2 Å². The first-order valence-corrected chi connectivity index (χ1v) is 9.32. The molecule has 0 aliphatic carbocycles. The highest BCUT2D eigenvalue weighted by atomic mass is 16.5. The summed E-state index contributed by atoms with van der Waals surface area (Å²) < 4.78 is 11.4. The first-order chi connectivity index (χ1) is 14.0. The Balaban J connectivity index is 2.10. The van der Waals surface area contributed by atoms with Crippen LogP contribution in [0.2, 0.25) is 0 Å². The first-order valence-electron chi connectivity index (χ1n) is 9.32. The highest BCUT2D eigenvalue weighted by molar-refractivity contribution is 6.17. The van der Waals surface area contributed by atoms with Gasteiger partial charge in [0.1, 0.15) is 11.5 Å². The van der Waals surface area contributed by atoms with Gasteiger partial charge in [0.25, 0.3) is 0 Å². The molecule has 3 rings (SSSR count). The molecule has 2 N–H and O–H groups in total. The summed E-state index contributed by atoms with van der Waals surface area (Å²) in [6.45, 7) is 3.83. The van der Waals surface area contributed by atoms with Gasteiger partial charge in [-0.2, -0.15) is 0 Å². The van der Waals surface area contributed by atoms with Crippen molar-refractivity contribution in [3.05, 3.63) is 82.4 Å². The van der Waals surface area contributed by atoms with Gasteiger partial charge in [-0.1, -0.05) is 43.3 Å². The molecule has 0 spiro atoms. The van der Waals surface area contributed by atoms with Crippen LogP contribution in [0.3, 0.4) is 0 Å². The molecule has 0 saturated heterocycles. The lowest BCUT2D eigenvalue weighted by Gasteiger charge is -2.18. The minimum Gasteiger partial charge on any atom is -0.496 e. The average molecular weight is 389 g/mol. The van der Waals surface area contributed by atoms with Crippen LogP contribution in [0, 0.1) is 6.92 Å². The van der Waals surface area contributed by atoms with E-state index in [4.69, 9.17) is 15.2 Å². The molecule has 0 aliphatic heterocycles. The number of aldehydes is 1. The van der Waals surface area contributed by atoms with Crippen LogP contribution >= 0.6 is 0 Å². The predicted octanol–water partition coefficient (Wildman–Crippen LogP) is 4.98. The average Bonchev–Trinajstić information content (AvgIpc) is 2.76. The molecule has 0 aliphatic rings. The second-order valence-electron chi connectivity index (χ2n) is 6.62. The van der Waals surface area contributed by atoms with Crippen LogP contribution in [0.15, 0.2) is 54.6 Å². The molecule has 148 valence electrons. The Morgan fingerprint density at radius 3 is 2.38 bits per heavy atom. The lowest BCUT2D eigenvalue weighted by atomic mass is 9.93. The monoisotopic (exact) mass is 389 g/mol. The first kappa shape index (κ1) is 20.1. The summed E-state index contributed by atoms with van der Waals surface area (Å²) in [6, 6.07) is 15.9. The fourth-order valence-electron chi connectivity index (χ4n) is 3.20. The third kappa shape index (κ3) is 3.99. The SMILES string of the molecule is CCc1ccc(Oc2cc(OC)c(C)c(C(=O)c3ccccc3C=O)c2N)cc1. The number of anilines is 1. The number of carbonyl (C=O) groups is 2. The Bertz CT molecular complexity index is 1060. The summed E-state index contributed by atoms with van der Waals surface area (Å²) in [5, 5.41) is 0. The lowest BCUT2D eigenvalue weighted by molar-refractivity contribution is 0.102. The largest absolute Gasteiger partial charge is 0.496 e. The van der Waals surface area contributed by atoms with Crippen LogP contribution in [0.4, 0.5) is 5.69 Å². The van der Waals surface area contributed by atoms with Crippen molar-refractivity contribution in [2.75, 3.05) is 12.8 Å². The fraction of sp³-hybridized carbons (Fsp3) is 0.167. The predicted molar refractivity (Wildman–Crippen MR) is 113 cm³/mol. The van der Waals surface area contributed by atoms with E-state index in [0.29, 0.717) is 34.7 Å². The number of carbonyl (C=O) groups excluding carboxylic acids is 2. The van der Waals surface area contributed by atoms with Crippen molar-refractivity contribution in [1.29, 1.82) is 0 Å². The van der Waals surface area contributed by atoms with Gasteiger partial charge in [0.05, 0.1) is 18.4 Å². The molecule has 0 radical (unpaired) electrons. The van der Waals surface area contributed by atoms with E-state index in [1.807, 2.05) is 24.3 Å². The Labute approximate surface area is 170 Å². The van der Waals surface area contributed by atoms with Gasteiger partial charge in [0, 0.05) is 22.8 Å².